The van der Waals surface area contributed by atoms with Crippen molar-refractivity contribution >= 4 is 10.0 Å². The van der Waals surface area contributed by atoms with Gasteiger partial charge in [0.2, 0.25) is 10.0 Å². The smallest absolute Gasteiger partial charge is 0.216 e. The van der Waals surface area contributed by atoms with Gasteiger partial charge in [0.05, 0.1) is 18.5 Å². The Bertz CT molecular complexity index is 404. The topological polar surface area (TPSA) is 61.9 Å². The molecule has 2 fully saturated rings. The maximum Gasteiger partial charge on any atom is 0.216 e. The van der Waals surface area contributed by atoms with E-state index in [1.54, 1.807) is 4.31 Å². The van der Waals surface area contributed by atoms with Crippen LogP contribution >= 0.6 is 0 Å². The van der Waals surface area contributed by atoms with Gasteiger partial charge < -0.3 is 10.1 Å². The largest absolute Gasteiger partial charge is 0.374 e. The Morgan fingerprint density at radius 1 is 1.37 bits per heavy atom. The molecule has 0 saturated carbocycles. The zero-order chi connectivity index (χ0) is 14.1. The highest BCUT2D eigenvalue weighted by atomic mass is 32.2. The van der Waals surface area contributed by atoms with Crippen molar-refractivity contribution in [2.45, 2.75) is 25.5 Å². The van der Waals surface area contributed by atoms with Crippen LogP contribution in [0.15, 0.2) is 0 Å². The zero-order valence-electron chi connectivity index (χ0n) is 12.1. The van der Waals surface area contributed by atoms with Gasteiger partial charge in [-0.05, 0) is 20.9 Å². The second-order valence-electron chi connectivity index (χ2n) is 6.04. The number of rotatable bonds is 3. The maximum atomic E-state index is 12.4. The third-order valence-corrected chi connectivity index (χ3v) is 5.97. The molecule has 112 valence electrons. The summed E-state index contributed by atoms with van der Waals surface area (Å²) in [5.74, 6) is 0.0831. The first-order valence-electron chi connectivity index (χ1n) is 6.83. The van der Waals surface area contributed by atoms with Crippen molar-refractivity contribution in [3.63, 3.8) is 0 Å². The van der Waals surface area contributed by atoms with Crippen LogP contribution in [0.25, 0.3) is 0 Å². The highest BCUT2D eigenvalue weighted by Crippen LogP contribution is 2.21. The Morgan fingerprint density at radius 2 is 2.11 bits per heavy atom. The van der Waals surface area contributed by atoms with E-state index in [0.29, 0.717) is 26.2 Å². The van der Waals surface area contributed by atoms with Gasteiger partial charge >= 0.3 is 0 Å². The molecule has 1 atom stereocenters. The van der Waals surface area contributed by atoms with Gasteiger partial charge in [0.1, 0.15) is 0 Å². The molecule has 2 rings (SSSR count). The fraction of sp³-hybridized carbons (Fsp3) is 1.00. The Morgan fingerprint density at radius 3 is 2.68 bits per heavy atom. The highest BCUT2D eigenvalue weighted by Gasteiger charge is 2.37. The third kappa shape index (κ3) is 3.66. The van der Waals surface area contributed by atoms with E-state index in [2.05, 4.69) is 24.1 Å². The molecule has 0 aliphatic carbocycles. The van der Waals surface area contributed by atoms with Crippen molar-refractivity contribution in [3.8, 4) is 0 Å². The van der Waals surface area contributed by atoms with Crippen LogP contribution in [0.1, 0.15) is 13.8 Å². The molecule has 2 heterocycles. The number of likely N-dealkylation sites (N-methyl/N-ethyl adjacent to an activating group) is 1. The van der Waals surface area contributed by atoms with Crippen LogP contribution in [0.3, 0.4) is 0 Å². The van der Waals surface area contributed by atoms with Crippen molar-refractivity contribution in [2.75, 3.05) is 52.1 Å². The van der Waals surface area contributed by atoms with Gasteiger partial charge in [0, 0.05) is 38.3 Å². The van der Waals surface area contributed by atoms with E-state index in [1.165, 1.54) is 0 Å². The number of hydrogen-bond donors (Lipinski definition) is 1. The van der Waals surface area contributed by atoms with E-state index < -0.39 is 10.0 Å². The molecule has 2 aliphatic rings. The van der Waals surface area contributed by atoms with Gasteiger partial charge in [-0.1, -0.05) is 0 Å². The van der Waals surface area contributed by atoms with Gasteiger partial charge in [-0.2, -0.15) is 4.31 Å². The average Bonchev–Trinajstić information content (AvgIpc) is 2.33. The molecule has 0 aromatic heterocycles. The SMILES string of the molecule is CN1CCN(S(=O)(=O)CC2CNCCO2)CC1(C)C. The lowest BCUT2D eigenvalue weighted by Gasteiger charge is -2.44. The van der Waals surface area contributed by atoms with Crippen LogP contribution in [0.5, 0.6) is 0 Å². The van der Waals surface area contributed by atoms with Crippen LogP contribution in [0.2, 0.25) is 0 Å². The van der Waals surface area contributed by atoms with Gasteiger partial charge in [-0.3, -0.25) is 4.90 Å². The summed E-state index contributed by atoms with van der Waals surface area (Å²) in [6, 6.07) is 0. The van der Waals surface area contributed by atoms with Crippen molar-refractivity contribution < 1.29 is 13.2 Å². The molecule has 1 unspecified atom stereocenters. The summed E-state index contributed by atoms with van der Waals surface area (Å²) in [7, 11) is -1.20. The van der Waals surface area contributed by atoms with E-state index >= 15 is 0 Å². The van der Waals surface area contributed by atoms with E-state index in [4.69, 9.17) is 4.74 Å². The molecule has 0 radical (unpaired) electrons. The normalized spacial score (nSPS) is 30.4. The lowest BCUT2D eigenvalue weighted by molar-refractivity contribution is 0.0405. The fourth-order valence-corrected chi connectivity index (χ4v) is 4.27. The third-order valence-electron chi connectivity index (χ3n) is 4.08. The summed E-state index contributed by atoms with van der Waals surface area (Å²) < 4.78 is 32.0. The number of nitrogens with zero attached hydrogens (tertiary/aromatic N) is 2. The zero-order valence-corrected chi connectivity index (χ0v) is 12.9. The molecule has 0 amide bonds. The van der Waals surface area contributed by atoms with E-state index in [-0.39, 0.29) is 17.4 Å². The van der Waals surface area contributed by atoms with Crippen LogP contribution in [-0.2, 0) is 14.8 Å². The lowest BCUT2D eigenvalue weighted by atomic mass is 10.0. The van der Waals surface area contributed by atoms with Crippen molar-refractivity contribution in [2.24, 2.45) is 0 Å². The first-order valence-corrected chi connectivity index (χ1v) is 8.43. The second-order valence-corrected chi connectivity index (χ2v) is 8.06. The minimum absolute atomic E-state index is 0.0831. The first-order chi connectivity index (χ1) is 8.81. The first kappa shape index (κ1) is 15.2. The second kappa shape index (κ2) is 5.65. The number of piperazine rings is 1. The average molecular weight is 291 g/mol. The lowest BCUT2D eigenvalue weighted by Crippen LogP contribution is -2.59. The van der Waals surface area contributed by atoms with Crippen molar-refractivity contribution in [1.29, 1.82) is 0 Å². The molecule has 0 aromatic carbocycles. The van der Waals surface area contributed by atoms with Gasteiger partial charge in [0.25, 0.3) is 0 Å². The molecule has 0 bridgehead atoms. The molecular weight excluding hydrogens is 266 g/mol. The fourth-order valence-electron chi connectivity index (χ4n) is 2.50. The molecule has 1 N–H and O–H groups in total. The molecule has 2 saturated heterocycles. The van der Waals surface area contributed by atoms with Crippen LogP contribution < -0.4 is 5.32 Å². The van der Waals surface area contributed by atoms with Crippen LogP contribution in [0, 0.1) is 0 Å². The molecular formula is C12H25N3O3S. The molecule has 7 heteroatoms. The standard InChI is InChI=1S/C12H25N3O3S/c1-12(2)10-15(6-5-14(12)3)19(16,17)9-11-8-13-4-7-18-11/h11,13H,4-10H2,1-3H3. The summed E-state index contributed by atoms with van der Waals surface area (Å²) in [5, 5.41) is 3.17. The number of sulfonamides is 1. The van der Waals surface area contributed by atoms with Gasteiger partial charge in [-0.15, -0.1) is 0 Å². The Hall–Kier alpha value is -0.210. The molecule has 6 nitrogen and oxygen atoms in total. The number of ether oxygens (including phenoxy) is 1. The summed E-state index contributed by atoms with van der Waals surface area (Å²) in [4.78, 5) is 2.21. The Balaban J connectivity index is 1.99. The maximum absolute atomic E-state index is 12.4. The number of hydrogen-bond acceptors (Lipinski definition) is 5. The van der Waals surface area contributed by atoms with Gasteiger partial charge in [0.15, 0.2) is 0 Å². The summed E-state index contributed by atoms with van der Waals surface area (Å²) in [6.45, 7) is 8.06. The predicted octanol–water partition coefficient (Wildman–Crippen LogP) is -0.669. The van der Waals surface area contributed by atoms with E-state index in [1.807, 2.05) is 7.05 Å². The quantitative estimate of drug-likeness (QED) is 0.747. The van der Waals surface area contributed by atoms with Crippen LogP contribution in [-0.4, -0.2) is 81.4 Å². The molecule has 0 spiro atoms. The minimum atomic E-state index is -3.24. The molecule has 2 aliphatic heterocycles. The number of morpholine rings is 1. The van der Waals surface area contributed by atoms with E-state index in [9.17, 15) is 8.42 Å². The van der Waals surface area contributed by atoms with Gasteiger partial charge in [-0.25, -0.2) is 8.42 Å². The predicted molar refractivity (Wildman–Crippen MR) is 74.7 cm³/mol. The summed E-state index contributed by atoms with van der Waals surface area (Å²) in [5.41, 5.74) is -0.114. The minimum Gasteiger partial charge on any atom is -0.374 e. The Kier molecular flexibility index (Phi) is 4.52. The van der Waals surface area contributed by atoms with Crippen molar-refractivity contribution in [3.05, 3.63) is 0 Å². The monoisotopic (exact) mass is 291 g/mol. The summed E-state index contributed by atoms with van der Waals surface area (Å²) in [6.07, 6.45) is -0.221. The number of nitrogens with one attached hydrogen (secondary N) is 1. The Labute approximate surface area is 116 Å². The molecule has 0 aromatic rings. The van der Waals surface area contributed by atoms with Crippen molar-refractivity contribution in [1.82, 2.24) is 14.5 Å². The summed E-state index contributed by atoms with van der Waals surface area (Å²) >= 11 is 0. The van der Waals surface area contributed by atoms with E-state index in [0.717, 1.165) is 13.1 Å². The highest BCUT2D eigenvalue weighted by molar-refractivity contribution is 7.89. The molecule has 19 heavy (non-hydrogen) atoms. The van der Waals surface area contributed by atoms with Crippen LogP contribution in [0.4, 0.5) is 0 Å².